The number of rotatable bonds is 7. The molecule has 0 fully saturated rings. The fourth-order valence-corrected chi connectivity index (χ4v) is 2.25. The summed E-state index contributed by atoms with van der Waals surface area (Å²) in [5, 5.41) is 2.55. The number of benzene rings is 2. The molecule has 1 N–H and O–H groups in total. The Labute approximate surface area is 141 Å². The minimum absolute atomic E-state index is 0.0811. The van der Waals surface area contributed by atoms with Crippen molar-refractivity contribution < 1.29 is 31.8 Å². The van der Waals surface area contributed by atoms with Crippen molar-refractivity contribution in [2.45, 2.75) is 26.2 Å². The average molecular weight is 357 g/mol. The molecule has 0 aliphatic carbocycles. The second-order valence-electron chi connectivity index (χ2n) is 4.99. The van der Waals surface area contributed by atoms with Gasteiger partial charge in [-0.1, -0.05) is 30.3 Å². The van der Waals surface area contributed by atoms with Crippen molar-refractivity contribution in [3.05, 3.63) is 59.7 Å². The molecule has 2 rings (SSSR count). The van der Waals surface area contributed by atoms with Crippen LogP contribution in [0.2, 0.25) is 0 Å². The smallest absolute Gasteiger partial charge is 0.387 e. The van der Waals surface area contributed by atoms with E-state index >= 15 is 0 Å². The van der Waals surface area contributed by atoms with Gasteiger partial charge in [-0.15, -0.1) is 0 Å². The molecule has 2 aromatic rings. The molecular formula is C17H15F4NO3. The third-order valence-corrected chi connectivity index (χ3v) is 3.30. The van der Waals surface area contributed by atoms with Crippen LogP contribution in [0.15, 0.2) is 48.5 Å². The number of carbonyl (C=O) groups excluding carboxylic acids is 1. The van der Waals surface area contributed by atoms with Gasteiger partial charge in [-0.25, -0.2) is 0 Å². The van der Waals surface area contributed by atoms with Gasteiger partial charge in [0.25, 0.3) is 5.91 Å². The normalized spacial score (nSPS) is 12.1. The van der Waals surface area contributed by atoms with Crippen LogP contribution in [0.5, 0.6) is 11.5 Å². The summed E-state index contributed by atoms with van der Waals surface area (Å²) in [7, 11) is 0. The van der Waals surface area contributed by atoms with E-state index in [0.717, 1.165) is 0 Å². The number of alkyl halides is 4. The second kappa shape index (κ2) is 8.36. The fraction of sp³-hybridized carbons (Fsp3) is 0.235. The molecule has 0 spiro atoms. The predicted octanol–water partition coefficient (Wildman–Crippen LogP) is 4.38. The number of carbonyl (C=O) groups is 1. The summed E-state index contributed by atoms with van der Waals surface area (Å²) in [4.78, 5) is 12.3. The highest BCUT2D eigenvalue weighted by atomic mass is 19.3. The molecule has 0 radical (unpaired) electrons. The van der Waals surface area contributed by atoms with Gasteiger partial charge in [-0.2, -0.15) is 17.6 Å². The molecule has 4 nitrogen and oxygen atoms in total. The van der Waals surface area contributed by atoms with Gasteiger partial charge in [0.2, 0.25) is 0 Å². The van der Waals surface area contributed by atoms with Crippen LogP contribution < -0.4 is 14.8 Å². The van der Waals surface area contributed by atoms with Crippen molar-refractivity contribution in [1.29, 1.82) is 0 Å². The van der Waals surface area contributed by atoms with Gasteiger partial charge in [0, 0.05) is 5.56 Å². The first kappa shape index (κ1) is 18.6. The average Bonchev–Trinajstić information content (AvgIpc) is 2.54. The monoisotopic (exact) mass is 357 g/mol. The maximum atomic E-state index is 12.5. The molecule has 25 heavy (non-hydrogen) atoms. The summed E-state index contributed by atoms with van der Waals surface area (Å²) in [5.41, 5.74) is 0.227. The molecule has 0 bridgehead atoms. The van der Waals surface area contributed by atoms with E-state index in [2.05, 4.69) is 14.8 Å². The van der Waals surface area contributed by atoms with Crippen LogP contribution >= 0.6 is 0 Å². The van der Waals surface area contributed by atoms with Crippen LogP contribution in [0.1, 0.15) is 28.9 Å². The van der Waals surface area contributed by atoms with Gasteiger partial charge in [0.1, 0.15) is 11.5 Å². The Morgan fingerprint density at radius 3 is 2.04 bits per heavy atom. The molecule has 1 amide bonds. The lowest BCUT2D eigenvalue weighted by molar-refractivity contribution is -0.0509. The van der Waals surface area contributed by atoms with Gasteiger partial charge in [0.05, 0.1) is 11.6 Å². The maximum Gasteiger partial charge on any atom is 0.387 e. The quantitative estimate of drug-likeness (QED) is 0.748. The second-order valence-corrected chi connectivity index (χ2v) is 4.99. The van der Waals surface area contributed by atoms with Crippen molar-refractivity contribution in [3.8, 4) is 11.5 Å². The Bertz CT molecular complexity index is 725. The zero-order chi connectivity index (χ0) is 18.4. The van der Waals surface area contributed by atoms with E-state index in [1.54, 1.807) is 13.0 Å². The van der Waals surface area contributed by atoms with Gasteiger partial charge in [-0.3, -0.25) is 4.79 Å². The topological polar surface area (TPSA) is 47.6 Å². The lowest BCUT2D eigenvalue weighted by Crippen LogP contribution is -2.27. The summed E-state index contributed by atoms with van der Waals surface area (Å²) in [6.45, 7) is -4.53. The predicted molar refractivity (Wildman–Crippen MR) is 82.0 cm³/mol. The molecular weight excluding hydrogens is 342 g/mol. The van der Waals surface area contributed by atoms with Gasteiger partial charge in [-0.05, 0) is 25.1 Å². The Morgan fingerprint density at radius 1 is 0.880 bits per heavy atom. The number of hydrogen-bond acceptors (Lipinski definition) is 3. The van der Waals surface area contributed by atoms with E-state index in [4.69, 9.17) is 0 Å². The fourth-order valence-electron chi connectivity index (χ4n) is 2.25. The molecule has 2 aromatic carbocycles. The van der Waals surface area contributed by atoms with Gasteiger partial charge < -0.3 is 14.8 Å². The van der Waals surface area contributed by atoms with Crippen molar-refractivity contribution >= 4 is 5.91 Å². The Balaban J connectivity index is 2.19. The Kier molecular flexibility index (Phi) is 6.21. The van der Waals surface area contributed by atoms with E-state index < -0.39 is 25.2 Å². The number of para-hydroxylation sites is 2. The first-order chi connectivity index (χ1) is 11.9. The minimum Gasteiger partial charge on any atom is -0.434 e. The van der Waals surface area contributed by atoms with E-state index in [9.17, 15) is 22.4 Å². The van der Waals surface area contributed by atoms with Gasteiger partial charge >= 0.3 is 13.2 Å². The summed E-state index contributed by atoms with van der Waals surface area (Å²) in [6.07, 6.45) is 0. The molecule has 0 aromatic heterocycles. The summed E-state index contributed by atoms with van der Waals surface area (Å²) >= 11 is 0. The van der Waals surface area contributed by atoms with Crippen molar-refractivity contribution in [2.24, 2.45) is 0 Å². The summed E-state index contributed by atoms with van der Waals surface area (Å²) in [6, 6.07) is 10.8. The van der Waals surface area contributed by atoms with Crippen LogP contribution in [-0.2, 0) is 0 Å². The lowest BCUT2D eigenvalue weighted by atomic mass is 10.1. The van der Waals surface area contributed by atoms with Crippen LogP contribution in [0.3, 0.4) is 0 Å². The van der Waals surface area contributed by atoms with Crippen molar-refractivity contribution in [3.63, 3.8) is 0 Å². The molecule has 1 atom stereocenters. The summed E-state index contributed by atoms with van der Waals surface area (Å²) < 4.78 is 58.5. The number of halogens is 4. The lowest BCUT2D eigenvalue weighted by Gasteiger charge is -2.19. The van der Waals surface area contributed by atoms with Crippen LogP contribution in [0.4, 0.5) is 17.6 Å². The highest BCUT2D eigenvalue weighted by Crippen LogP contribution is 2.27. The largest absolute Gasteiger partial charge is 0.434 e. The molecule has 0 unspecified atom stereocenters. The van der Waals surface area contributed by atoms with E-state index in [-0.39, 0.29) is 17.1 Å². The number of hydrogen-bond donors (Lipinski definition) is 1. The number of amides is 1. The standard InChI is InChI=1S/C17H15F4NO3/c1-10(11-6-2-4-8-13(11)24-16(18)19)22-15(23)12-7-3-5-9-14(12)25-17(20)21/h2-10,16-17H,1H3,(H,22,23)/t10-/m1/s1. The van der Waals surface area contributed by atoms with Crippen LogP contribution in [-0.4, -0.2) is 19.1 Å². The third-order valence-electron chi connectivity index (χ3n) is 3.30. The van der Waals surface area contributed by atoms with Gasteiger partial charge in [0.15, 0.2) is 0 Å². The van der Waals surface area contributed by atoms with Crippen LogP contribution in [0.25, 0.3) is 0 Å². The SMILES string of the molecule is C[C@@H](NC(=O)c1ccccc1OC(F)F)c1ccccc1OC(F)F. The summed E-state index contributed by atoms with van der Waals surface area (Å²) in [5.74, 6) is -1.04. The molecule has 0 saturated heterocycles. The minimum atomic E-state index is -3.08. The molecule has 8 heteroatoms. The number of nitrogens with one attached hydrogen (secondary N) is 1. The first-order valence-electron chi connectivity index (χ1n) is 7.27. The molecule has 0 aliphatic rings. The first-order valence-corrected chi connectivity index (χ1v) is 7.27. The molecule has 0 saturated carbocycles. The maximum absolute atomic E-state index is 12.5. The Hall–Kier alpha value is -2.77. The highest BCUT2D eigenvalue weighted by Gasteiger charge is 2.20. The van der Waals surface area contributed by atoms with Crippen LogP contribution in [0, 0.1) is 0 Å². The van der Waals surface area contributed by atoms with E-state index in [0.29, 0.717) is 5.56 Å². The van der Waals surface area contributed by atoms with E-state index in [1.807, 2.05) is 0 Å². The third kappa shape index (κ3) is 5.10. The highest BCUT2D eigenvalue weighted by molar-refractivity contribution is 5.97. The zero-order valence-corrected chi connectivity index (χ0v) is 13.1. The van der Waals surface area contributed by atoms with Crippen molar-refractivity contribution in [1.82, 2.24) is 5.32 Å². The zero-order valence-electron chi connectivity index (χ0n) is 13.1. The van der Waals surface area contributed by atoms with Crippen molar-refractivity contribution in [2.75, 3.05) is 0 Å². The molecule has 0 aliphatic heterocycles. The Morgan fingerprint density at radius 2 is 1.40 bits per heavy atom. The number of ether oxygens (including phenoxy) is 2. The molecule has 0 heterocycles. The molecule has 134 valence electrons. The van der Waals surface area contributed by atoms with E-state index in [1.165, 1.54) is 42.5 Å².